The molecule has 2 amide bonds. The molecule has 6 heteroatoms. The smallest absolute Gasteiger partial charge is 0.323 e. The number of nitrogens with one attached hydrogen (secondary N) is 2. The number of ether oxygens (including phenoxy) is 2. The molecule has 5 nitrogen and oxygen atoms in total. The maximum atomic E-state index is 12.1. The number of hydrogen-bond acceptors (Lipinski definition) is 4. The van der Waals surface area contributed by atoms with Crippen molar-refractivity contribution < 1.29 is 14.3 Å². The molecule has 2 N–H and O–H groups in total. The van der Waals surface area contributed by atoms with E-state index in [0.717, 1.165) is 0 Å². The third kappa shape index (κ3) is 4.82. The van der Waals surface area contributed by atoms with Crippen molar-refractivity contribution in [3.05, 3.63) is 42.5 Å². The highest BCUT2D eigenvalue weighted by Crippen LogP contribution is 2.30. The molecule has 0 fully saturated rings. The van der Waals surface area contributed by atoms with E-state index in [1.165, 1.54) is 0 Å². The zero-order valence-electron chi connectivity index (χ0n) is 13.1. The number of carbonyl (C=O) groups is 1. The maximum absolute atomic E-state index is 12.1. The van der Waals surface area contributed by atoms with E-state index in [1.807, 2.05) is 32.0 Å². The van der Waals surface area contributed by atoms with Crippen LogP contribution in [0.25, 0.3) is 0 Å². The summed E-state index contributed by atoms with van der Waals surface area (Å²) in [6, 6.07) is 12.2. The molecule has 122 valence electrons. The van der Waals surface area contributed by atoms with Gasteiger partial charge in [0.25, 0.3) is 0 Å². The summed E-state index contributed by atoms with van der Waals surface area (Å²) in [6.45, 7) is 4.87. The summed E-state index contributed by atoms with van der Waals surface area (Å²) in [7, 11) is 0. The highest BCUT2D eigenvalue weighted by atomic mass is 32.1. The molecule has 2 rings (SSSR count). The Morgan fingerprint density at radius 2 is 1.70 bits per heavy atom. The second kappa shape index (κ2) is 8.33. The van der Waals surface area contributed by atoms with Crippen LogP contribution in [0.5, 0.6) is 11.5 Å². The summed E-state index contributed by atoms with van der Waals surface area (Å²) < 4.78 is 11.0. The molecular formula is C17H20N2O3S. The Kier molecular flexibility index (Phi) is 6.17. The fourth-order valence-electron chi connectivity index (χ4n) is 1.99. The summed E-state index contributed by atoms with van der Waals surface area (Å²) in [5.74, 6) is 1.25. The van der Waals surface area contributed by atoms with Gasteiger partial charge in [-0.15, -0.1) is 12.6 Å². The molecular weight excluding hydrogens is 312 g/mol. The summed E-state index contributed by atoms with van der Waals surface area (Å²) in [5, 5.41) is 5.52. The molecule has 0 aliphatic rings. The van der Waals surface area contributed by atoms with Gasteiger partial charge in [-0.3, -0.25) is 0 Å². The number of para-hydroxylation sites is 1. The lowest BCUT2D eigenvalue weighted by Crippen LogP contribution is -2.19. The monoisotopic (exact) mass is 332 g/mol. The average molecular weight is 332 g/mol. The van der Waals surface area contributed by atoms with Crippen molar-refractivity contribution in [2.75, 3.05) is 23.8 Å². The lowest BCUT2D eigenvalue weighted by Gasteiger charge is -2.13. The number of rotatable bonds is 6. The molecule has 23 heavy (non-hydrogen) atoms. The lowest BCUT2D eigenvalue weighted by atomic mass is 10.2. The zero-order chi connectivity index (χ0) is 16.7. The minimum absolute atomic E-state index is 0.349. The highest BCUT2D eigenvalue weighted by molar-refractivity contribution is 7.80. The van der Waals surface area contributed by atoms with Crippen molar-refractivity contribution >= 4 is 30.0 Å². The minimum Gasteiger partial charge on any atom is -0.490 e. The van der Waals surface area contributed by atoms with Crippen LogP contribution in [0.2, 0.25) is 0 Å². The zero-order valence-corrected chi connectivity index (χ0v) is 14.0. The molecule has 0 aliphatic heterocycles. The second-order valence-corrected chi connectivity index (χ2v) is 5.11. The van der Waals surface area contributed by atoms with Gasteiger partial charge in [0.1, 0.15) is 0 Å². The molecule has 0 atom stereocenters. The predicted octanol–water partition coefficient (Wildman–Crippen LogP) is 4.42. The van der Waals surface area contributed by atoms with Gasteiger partial charge in [-0.2, -0.15) is 0 Å². The summed E-state index contributed by atoms with van der Waals surface area (Å²) >= 11 is 4.30. The first kappa shape index (κ1) is 17.0. The summed E-state index contributed by atoms with van der Waals surface area (Å²) in [6.07, 6.45) is 0. The van der Waals surface area contributed by atoms with E-state index in [0.29, 0.717) is 41.0 Å². The standard InChI is InChI=1S/C17H20N2O3S/c1-3-21-14-10-9-12(11-15(14)22-4-2)18-17(20)19-13-7-5-6-8-16(13)23/h5-11,23H,3-4H2,1-2H3,(H2,18,19,20). The van der Waals surface area contributed by atoms with Crippen LogP contribution < -0.4 is 20.1 Å². The van der Waals surface area contributed by atoms with Crippen LogP contribution in [0.3, 0.4) is 0 Å². The van der Waals surface area contributed by atoms with E-state index in [1.54, 1.807) is 24.3 Å². The first-order valence-corrected chi connectivity index (χ1v) is 7.84. The van der Waals surface area contributed by atoms with Crippen LogP contribution >= 0.6 is 12.6 Å². The van der Waals surface area contributed by atoms with E-state index in [9.17, 15) is 4.79 Å². The van der Waals surface area contributed by atoms with Gasteiger partial charge in [-0.05, 0) is 38.1 Å². The lowest BCUT2D eigenvalue weighted by molar-refractivity contribution is 0.262. The van der Waals surface area contributed by atoms with Crippen molar-refractivity contribution in [1.29, 1.82) is 0 Å². The quantitative estimate of drug-likeness (QED) is 0.686. The normalized spacial score (nSPS) is 10.0. The Bertz CT molecular complexity index is 677. The number of urea groups is 1. The molecule has 0 radical (unpaired) electrons. The van der Waals surface area contributed by atoms with E-state index in [-0.39, 0.29) is 6.03 Å². The molecule has 0 saturated heterocycles. The van der Waals surface area contributed by atoms with Crippen molar-refractivity contribution in [1.82, 2.24) is 0 Å². The number of thiol groups is 1. The number of anilines is 2. The molecule has 0 aromatic heterocycles. The van der Waals surface area contributed by atoms with E-state index in [2.05, 4.69) is 23.3 Å². The van der Waals surface area contributed by atoms with Gasteiger partial charge in [-0.1, -0.05) is 12.1 Å². The number of amides is 2. The number of benzene rings is 2. The van der Waals surface area contributed by atoms with Gasteiger partial charge in [0.05, 0.1) is 18.9 Å². The van der Waals surface area contributed by atoms with Gasteiger partial charge < -0.3 is 20.1 Å². The SMILES string of the molecule is CCOc1ccc(NC(=O)Nc2ccccc2S)cc1OCC. The molecule has 2 aromatic rings. The van der Waals surface area contributed by atoms with E-state index in [4.69, 9.17) is 9.47 Å². The third-order valence-corrected chi connectivity index (χ3v) is 3.34. The first-order valence-electron chi connectivity index (χ1n) is 7.39. The minimum atomic E-state index is -0.349. The predicted molar refractivity (Wildman–Crippen MR) is 95.1 cm³/mol. The Labute approximate surface area is 141 Å². The van der Waals surface area contributed by atoms with Crippen molar-refractivity contribution in [3.8, 4) is 11.5 Å². The van der Waals surface area contributed by atoms with Gasteiger partial charge in [-0.25, -0.2) is 4.79 Å². The molecule has 0 unspecified atom stereocenters. The Morgan fingerprint density at radius 3 is 2.39 bits per heavy atom. The van der Waals surface area contributed by atoms with Crippen LogP contribution in [0.1, 0.15) is 13.8 Å². The largest absolute Gasteiger partial charge is 0.490 e. The third-order valence-electron chi connectivity index (χ3n) is 2.95. The highest BCUT2D eigenvalue weighted by Gasteiger charge is 2.09. The molecule has 0 saturated carbocycles. The fourth-order valence-corrected chi connectivity index (χ4v) is 2.21. The Morgan fingerprint density at radius 1 is 1.00 bits per heavy atom. The molecule has 0 heterocycles. The van der Waals surface area contributed by atoms with Gasteiger partial charge in [0, 0.05) is 16.6 Å². The maximum Gasteiger partial charge on any atom is 0.323 e. The van der Waals surface area contributed by atoms with E-state index < -0.39 is 0 Å². The number of carbonyl (C=O) groups excluding carboxylic acids is 1. The molecule has 2 aromatic carbocycles. The van der Waals surface area contributed by atoms with Crippen molar-refractivity contribution in [2.45, 2.75) is 18.7 Å². The number of hydrogen-bond donors (Lipinski definition) is 3. The van der Waals surface area contributed by atoms with Crippen LogP contribution in [0.4, 0.5) is 16.2 Å². The van der Waals surface area contributed by atoms with Crippen LogP contribution in [-0.2, 0) is 0 Å². The van der Waals surface area contributed by atoms with Crippen LogP contribution in [-0.4, -0.2) is 19.2 Å². The topological polar surface area (TPSA) is 59.6 Å². The van der Waals surface area contributed by atoms with Gasteiger partial charge >= 0.3 is 6.03 Å². The van der Waals surface area contributed by atoms with Crippen molar-refractivity contribution in [3.63, 3.8) is 0 Å². The Balaban J connectivity index is 2.08. The van der Waals surface area contributed by atoms with E-state index >= 15 is 0 Å². The molecule has 0 aliphatic carbocycles. The van der Waals surface area contributed by atoms with Crippen LogP contribution in [0.15, 0.2) is 47.4 Å². The van der Waals surface area contributed by atoms with Gasteiger partial charge in [0.15, 0.2) is 11.5 Å². The van der Waals surface area contributed by atoms with Crippen molar-refractivity contribution in [2.24, 2.45) is 0 Å². The molecule has 0 bridgehead atoms. The average Bonchev–Trinajstić information content (AvgIpc) is 2.52. The first-order chi connectivity index (χ1) is 11.1. The summed E-state index contributed by atoms with van der Waals surface area (Å²) in [5.41, 5.74) is 1.26. The van der Waals surface area contributed by atoms with Gasteiger partial charge in [0.2, 0.25) is 0 Å². The summed E-state index contributed by atoms with van der Waals surface area (Å²) in [4.78, 5) is 12.8. The fraction of sp³-hybridized carbons (Fsp3) is 0.235. The second-order valence-electron chi connectivity index (χ2n) is 4.62. The van der Waals surface area contributed by atoms with Crippen LogP contribution in [0, 0.1) is 0 Å². The Hall–Kier alpha value is -2.34. The molecule has 0 spiro atoms.